The van der Waals surface area contributed by atoms with Gasteiger partial charge in [0.25, 0.3) is 10.9 Å². The summed E-state index contributed by atoms with van der Waals surface area (Å²) in [5, 5.41) is 10.8. The van der Waals surface area contributed by atoms with Crippen molar-refractivity contribution in [3.63, 3.8) is 0 Å². The van der Waals surface area contributed by atoms with Gasteiger partial charge in [-0.05, 0) is 18.2 Å². The number of nitro benzene ring substituents is 1. The standard InChI is InChI=1S/C13H6F2N2O3S/c14-7-1-4-11(9(15)5-7)20-13-16-10-3-2-8(17(18)19)6-12(10)21-13/h1-6H. The number of hydrogen-bond donors (Lipinski definition) is 0. The third kappa shape index (κ3) is 2.65. The van der Waals surface area contributed by atoms with Crippen LogP contribution in [-0.4, -0.2) is 9.91 Å². The normalized spacial score (nSPS) is 10.8. The number of nitrogens with zero attached hydrogens (tertiary/aromatic N) is 2. The Morgan fingerprint density at radius 1 is 1.19 bits per heavy atom. The number of rotatable bonds is 3. The number of thiazole rings is 1. The average Bonchev–Trinajstić information content (AvgIpc) is 2.83. The average molecular weight is 308 g/mol. The number of fused-ring (bicyclic) bond motifs is 1. The number of benzene rings is 2. The van der Waals surface area contributed by atoms with Crippen molar-refractivity contribution >= 4 is 27.2 Å². The molecule has 0 radical (unpaired) electrons. The summed E-state index contributed by atoms with van der Waals surface area (Å²) in [5.41, 5.74) is 0.439. The minimum Gasteiger partial charge on any atom is -0.428 e. The van der Waals surface area contributed by atoms with Gasteiger partial charge in [0.15, 0.2) is 11.6 Å². The minimum absolute atomic E-state index is 0.0642. The fourth-order valence-corrected chi connectivity index (χ4v) is 2.56. The van der Waals surface area contributed by atoms with Crippen molar-refractivity contribution < 1.29 is 18.4 Å². The maximum Gasteiger partial charge on any atom is 0.279 e. The number of nitro groups is 1. The van der Waals surface area contributed by atoms with Crippen molar-refractivity contribution in [2.24, 2.45) is 0 Å². The van der Waals surface area contributed by atoms with E-state index in [4.69, 9.17) is 4.74 Å². The zero-order valence-corrected chi connectivity index (χ0v) is 11.1. The molecule has 0 unspecified atom stereocenters. The molecule has 0 amide bonds. The van der Waals surface area contributed by atoms with Gasteiger partial charge in [0.2, 0.25) is 0 Å². The first kappa shape index (κ1) is 13.4. The van der Waals surface area contributed by atoms with Gasteiger partial charge in [-0.25, -0.2) is 13.8 Å². The van der Waals surface area contributed by atoms with Gasteiger partial charge in [-0.1, -0.05) is 11.3 Å². The van der Waals surface area contributed by atoms with Crippen LogP contribution in [0.4, 0.5) is 14.5 Å². The molecule has 0 bridgehead atoms. The molecule has 3 aromatic rings. The van der Waals surface area contributed by atoms with Crippen molar-refractivity contribution in [3.05, 3.63) is 58.1 Å². The highest BCUT2D eigenvalue weighted by atomic mass is 32.1. The molecule has 21 heavy (non-hydrogen) atoms. The number of aromatic nitrogens is 1. The lowest BCUT2D eigenvalue weighted by Crippen LogP contribution is -1.88. The van der Waals surface area contributed by atoms with Crippen molar-refractivity contribution in [1.29, 1.82) is 0 Å². The fourth-order valence-electron chi connectivity index (χ4n) is 1.70. The predicted molar refractivity (Wildman–Crippen MR) is 72.7 cm³/mol. The summed E-state index contributed by atoms with van der Waals surface area (Å²) in [7, 11) is 0. The smallest absolute Gasteiger partial charge is 0.279 e. The first-order valence-electron chi connectivity index (χ1n) is 5.71. The number of halogens is 2. The molecular weight excluding hydrogens is 302 g/mol. The van der Waals surface area contributed by atoms with Gasteiger partial charge >= 0.3 is 0 Å². The van der Waals surface area contributed by atoms with Crippen LogP contribution >= 0.6 is 11.3 Å². The second-order valence-corrected chi connectivity index (χ2v) is 5.06. The van der Waals surface area contributed by atoms with E-state index in [0.717, 1.165) is 23.5 Å². The van der Waals surface area contributed by atoms with Gasteiger partial charge in [-0.3, -0.25) is 10.1 Å². The second kappa shape index (κ2) is 5.06. The molecule has 106 valence electrons. The van der Waals surface area contributed by atoms with E-state index < -0.39 is 16.6 Å². The molecule has 0 N–H and O–H groups in total. The molecule has 3 rings (SSSR count). The van der Waals surface area contributed by atoms with Gasteiger partial charge in [0.05, 0.1) is 15.1 Å². The van der Waals surface area contributed by atoms with Crippen LogP contribution in [0.5, 0.6) is 10.9 Å². The van der Waals surface area contributed by atoms with E-state index in [1.54, 1.807) is 0 Å². The Bertz CT molecular complexity index is 851. The molecule has 2 aromatic carbocycles. The van der Waals surface area contributed by atoms with E-state index in [1.807, 2.05) is 0 Å². The maximum atomic E-state index is 13.5. The molecule has 0 saturated heterocycles. The first-order chi connectivity index (χ1) is 10.0. The highest BCUT2D eigenvalue weighted by molar-refractivity contribution is 7.20. The summed E-state index contributed by atoms with van der Waals surface area (Å²) in [6.07, 6.45) is 0. The van der Waals surface area contributed by atoms with Crippen molar-refractivity contribution in [1.82, 2.24) is 4.98 Å². The molecule has 5 nitrogen and oxygen atoms in total. The zero-order chi connectivity index (χ0) is 15.0. The van der Waals surface area contributed by atoms with E-state index >= 15 is 0 Å². The van der Waals surface area contributed by atoms with E-state index in [-0.39, 0.29) is 16.6 Å². The van der Waals surface area contributed by atoms with Crippen LogP contribution in [0.15, 0.2) is 36.4 Å². The third-order valence-electron chi connectivity index (χ3n) is 2.65. The van der Waals surface area contributed by atoms with Gasteiger partial charge in [0.1, 0.15) is 5.82 Å². The fraction of sp³-hybridized carbons (Fsp3) is 0. The van der Waals surface area contributed by atoms with E-state index in [9.17, 15) is 18.9 Å². The molecule has 0 aliphatic heterocycles. The molecule has 1 aromatic heterocycles. The molecule has 8 heteroatoms. The quantitative estimate of drug-likeness (QED) is 0.535. The Morgan fingerprint density at radius 3 is 2.71 bits per heavy atom. The Hall–Kier alpha value is -2.61. The SMILES string of the molecule is O=[N+]([O-])c1ccc2nc(Oc3ccc(F)cc3F)sc2c1. The maximum absolute atomic E-state index is 13.5. The van der Waals surface area contributed by atoms with Crippen LogP contribution in [-0.2, 0) is 0 Å². The highest BCUT2D eigenvalue weighted by Crippen LogP contribution is 2.34. The number of ether oxygens (including phenoxy) is 1. The third-order valence-corrected chi connectivity index (χ3v) is 3.55. The van der Waals surface area contributed by atoms with Crippen LogP contribution in [0, 0.1) is 21.7 Å². The van der Waals surface area contributed by atoms with Crippen molar-refractivity contribution in [2.45, 2.75) is 0 Å². The summed E-state index contributed by atoms with van der Waals surface area (Å²) in [6.45, 7) is 0. The van der Waals surface area contributed by atoms with E-state index in [1.165, 1.54) is 18.2 Å². The molecule has 0 fully saturated rings. The predicted octanol–water partition coefficient (Wildman–Crippen LogP) is 4.28. The van der Waals surface area contributed by atoms with Gasteiger partial charge < -0.3 is 4.74 Å². The number of non-ortho nitro benzene ring substituents is 1. The van der Waals surface area contributed by atoms with Gasteiger partial charge in [-0.15, -0.1) is 0 Å². The summed E-state index contributed by atoms with van der Waals surface area (Å²) in [4.78, 5) is 14.3. The molecule has 0 saturated carbocycles. The molecule has 1 heterocycles. The molecular formula is C13H6F2N2O3S. The zero-order valence-electron chi connectivity index (χ0n) is 10.2. The Morgan fingerprint density at radius 2 is 2.00 bits per heavy atom. The highest BCUT2D eigenvalue weighted by Gasteiger charge is 2.13. The molecule has 0 spiro atoms. The Kier molecular flexibility index (Phi) is 3.22. The molecule has 0 aliphatic rings. The van der Waals surface area contributed by atoms with Crippen LogP contribution in [0.2, 0.25) is 0 Å². The van der Waals surface area contributed by atoms with E-state index in [2.05, 4.69) is 4.98 Å². The first-order valence-corrected chi connectivity index (χ1v) is 6.52. The number of hydrogen-bond acceptors (Lipinski definition) is 5. The lowest BCUT2D eigenvalue weighted by Gasteiger charge is -2.02. The molecule has 0 atom stereocenters. The Balaban J connectivity index is 1.95. The van der Waals surface area contributed by atoms with Crippen LogP contribution in [0.25, 0.3) is 10.2 Å². The van der Waals surface area contributed by atoms with Crippen LogP contribution in [0.3, 0.4) is 0 Å². The van der Waals surface area contributed by atoms with E-state index in [0.29, 0.717) is 16.3 Å². The summed E-state index contributed by atoms with van der Waals surface area (Å²) < 4.78 is 32.1. The summed E-state index contributed by atoms with van der Waals surface area (Å²) >= 11 is 1.04. The topological polar surface area (TPSA) is 65.3 Å². The van der Waals surface area contributed by atoms with Crippen LogP contribution in [0.1, 0.15) is 0 Å². The van der Waals surface area contributed by atoms with Gasteiger partial charge in [0, 0.05) is 18.2 Å². The lowest BCUT2D eigenvalue weighted by atomic mass is 10.3. The van der Waals surface area contributed by atoms with Crippen molar-refractivity contribution in [3.8, 4) is 10.9 Å². The second-order valence-electron chi connectivity index (χ2n) is 4.07. The monoisotopic (exact) mass is 308 g/mol. The molecule has 0 aliphatic carbocycles. The summed E-state index contributed by atoms with van der Waals surface area (Å²) in [6, 6.07) is 7.09. The minimum atomic E-state index is -0.847. The lowest BCUT2D eigenvalue weighted by molar-refractivity contribution is -0.384. The van der Waals surface area contributed by atoms with Crippen molar-refractivity contribution in [2.75, 3.05) is 0 Å². The van der Waals surface area contributed by atoms with Gasteiger partial charge in [-0.2, -0.15) is 0 Å². The largest absolute Gasteiger partial charge is 0.428 e. The summed E-state index contributed by atoms with van der Waals surface area (Å²) in [5.74, 6) is -1.72. The Labute approximate surface area is 120 Å². The van der Waals surface area contributed by atoms with Crippen LogP contribution < -0.4 is 4.74 Å².